The Kier molecular flexibility index (Phi) is 9.04. The molecule has 1 saturated heterocycles. The summed E-state index contributed by atoms with van der Waals surface area (Å²) in [6.45, 7) is 4.73. The topological polar surface area (TPSA) is 126 Å². The summed E-state index contributed by atoms with van der Waals surface area (Å²) in [5, 5.41) is 2.70. The first-order valence-electron chi connectivity index (χ1n) is 10.2. The standard InChI is InChI=1S/C20H31NO9/c1-11(22)21-17-19(28-14(4)25)18(27-13(3)24)16(10-26-12(2)23)30-20(17)29-15-8-6-5-7-9-15/h15-20H,5-10H2,1-4H3,(H,21,22)/t16-,17-,18-,19-,20+/m1/s1. The summed E-state index contributed by atoms with van der Waals surface area (Å²) in [7, 11) is 0. The van der Waals surface area contributed by atoms with Gasteiger partial charge in [-0.05, 0) is 12.8 Å². The smallest absolute Gasteiger partial charge is 0.303 e. The molecular weight excluding hydrogens is 398 g/mol. The van der Waals surface area contributed by atoms with Crippen molar-refractivity contribution in [2.24, 2.45) is 0 Å². The Balaban J connectivity index is 2.34. The molecule has 2 rings (SSSR count). The summed E-state index contributed by atoms with van der Waals surface area (Å²) in [5.74, 6) is -2.20. The van der Waals surface area contributed by atoms with Gasteiger partial charge in [0.2, 0.25) is 5.91 Å². The fraction of sp³-hybridized carbons (Fsp3) is 0.800. The van der Waals surface area contributed by atoms with Crippen molar-refractivity contribution in [3.63, 3.8) is 0 Å². The molecule has 1 aliphatic carbocycles. The van der Waals surface area contributed by atoms with Gasteiger partial charge < -0.3 is 29.0 Å². The maximum absolute atomic E-state index is 11.9. The third-order valence-electron chi connectivity index (χ3n) is 4.95. The van der Waals surface area contributed by atoms with Crippen LogP contribution in [0.25, 0.3) is 0 Å². The van der Waals surface area contributed by atoms with Crippen molar-refractivity contribution in [2.75, 3.05) is 6.61 Å². The lowest BCUT2D eigenvalue weighted by atomic mass is 9.94. The van der Waals surface area contributed by atoms with Gasteiger partial charge in [-0.2, -0.15) is 0 Å². The third kappa shape index (κ3) is 7.24. The summed E-state index contributed by atoms with van der Waals surface area (Å²) in [6.07, 6.45) is 0.643. The second kappa shape index (κ2) is 11.3. The Labute approximate surface area is 175 Å². The minimum Gasteiger partial charge on any atom is -0.463 e. The van der Waals surface area contributed by atoms with Crippen molar-refractivity contribution < 1.29 is 42.9 Å². The van der Waals surface area contributed by atoms with Crippen molar-refractivity contribution in [1.29, 1.82) is 0 Å². The van der Waals surface area contributed by atoms with E-state index in [0.717, 1.165) is 32.1 Å². The number of esters is 3. The van der Waals surface area contributed by atoms with Gasteiger partial charge in [0.25, 0.3) is 0 Å². The quantitative estimate of drug-likeness (QED) is 0.466. The van der Waals surface area contributed by atoms with Gasteiger partial charge in [-0.15, -0.1) is 0 Å². The van der Waals surface area contributed by atoms with Crippen LogP contribution in [0.15, 0.2) is 0 Å². The number of amides is 1. The Morgan fingerprint density at radius 2 is 1.47 bits per heavy atom. The van der Waals surface area contributed by atoms with Crippen molar-refractivity contribution in [2.45, 2.75) is 96.5 Å². The number of carbonyl (C=O) groups is 4. The van der Waals surface area contributed by atoms with E-state index < -0.39 is 54.5 Å². The van der Waals surface area contributed by atoms with Crippen LogP contribution in [0.3, 0.4) is 0 Å². The number of hydrogen-bond acceptors (Lipinski definition) is 9. The van der Waals surface area contributed by atoms with Gasteiger partial charge in [0, 0.05) is 27.7 Å². The summed E-state index contributed by atoms with van der Waals surface area (Å²) in [6, 6.07) is -0.911. The highest BCUT2D eigenvalue weighted by atomic mass is 16.7. The van der Waals surface area contributed by atoms with Gasteiger partial charge in [-0.25, -0.2) is 0 Å². The van der Waals surface area contributed by atoms with Crippen LogP contribution in [0.5, 0.6) is 0 Å². The van der Waals surface area contributed by atoms with Crippen molar-refractivity contribution in [3.8, 4) is 0 Å². The average Bonchev–Trinajstić information content (AvgIpc) is 2.64. The molecule has 0 radical (unpaired) electrons. The number of ether oxygens (including phenoxy) is 5. The molecule has 0 aromatic rings. The maximum atomic E-state index is 11.9. The Morgan fingerprint density at radius 1 is 0.867 bits per heavy atom. The molecule has 0 aromatic heterocycles. The molecule has 1 N–H and O–H groups in total. The van der Waals surface area contributed by atoms with Crippen LogP contribution >= 0.6 is 0 Å². The predicted octanol–water partition coefficient (Wildman–Crippen LogP) is 0.992. The SMILES string of the molecule is CC(=O)N[C@H]1[C@@H](OC2CCCCC2)O[C@H](COC(C)=O)[C@@H](OC(C)=O)[C@@H]1OC(C)=O. The minimum absolute atomic E-state index is 0.0855. The van der Waals surface area contributed by atoms with Gasteiger partial charge in [-0.3, -0.25) is 19.2 Å². The average molecular weight is 429 g/mol. The first-order valence-corrected chi connectivity index (χ1v) is 10.2. The number of carbonyl (C=O) groups excluding carboxylic acids is 4. The van der Waals surface area contributed by atoms with E-state index in [0.29, 0.717) is 0 Å². The highest BCUT2D eigenvalue weighted by molar-refractivity contribution is 5.73. The zero-order valence-electron chi connectivity index (χ0n) is 17.9. The molecule has 10 nitrogen and oxygen atoms in total. The van der Waals surface area contributed by atoms with E-state index in [-0.39, 0.29) is 12.7 Å². The van der Waals surface area contributed by atoms with Crippen LogP contribution < -0.4 is 5.32 Å². The molecule has 1 amide bonds. The van der Waals surface area contributed by atoms with Crippen LogP contribution in [-0.2, 0) is 42.9 Å². The van der Waals surface area contributed by atoms with E-state index in [9.17, 15) is 19.2 Å². The largest absolute Gasteiger partial charge is 0.463 e. The molecule has 2 aliphatic rings. The molecule has 30 heavy (non-hydrogen) atoms. The van der Waals surface area contributed by atoms with E-state index >= 15 is 0 Å². The monoisotopic (exact) mass is 429 g/mol. The molecule has 10 heteroatoms. The number of hydrogen-bond donors (Lipinski definition) is 1. The lowest BCUT2D eigenvalue weighted by Crippen LogP contribution is -2.67. The van der Waals surface area contributed by atoms with Crippen LogP contribution in [0.1, 0.15) is 59.8 Å². The molecule has 1 aliphatic heterocycles. The first kappa shape index (κ1) is 24.1. The van der Waals surface area contributed by atoms with Crippen LogP contribution in [-0.4, -0.2) is 67.2 Å². The van der Waals surface area contributed by atoms with Crippen LogP contribution in [0.4, 0.5) is 0 Å². The van der Waals surface area contributed by atoms with E-state index in [1.54, 1.807) is 0 Å². The molecule has 2 fully saturated rings. The second-order valence-electron chi connectivity index (χ2n) is 7.62. The fourth-order valence-electron chi connectivity index (χ4n) is 3.80. The molecular formula is C20H31NO9. The van der Waals surface area contributed by atoms with Gasteiger partial charge in [0.15, 0.2) is 18.5 Å². The van der Waals surface area contributed by atoms with Gasteiger partial charge in [0.1, 0.15) is 18.8 Å². The van der Waals surface area contributed by atoms with E-state index in [1.807, 2.05) is 0 Å². The molecule has 0 unspecified atom stereocenters. The highest BCUT2D eigenvalue weighted by Gasteiger charge is 2.51. The van der Waals surface area contributed by atoms with Crippen LogP contribution in [0, 0.1) is 0 Å². The number of rotatable bonds is 7. The van der Waals surface area contributed by atoms with Crippen molar-refractivity contribution in [1.82, 2.24) is 5.32 Å². The van der Waals surface area contributed by atoms with Gasteiger partial charge in [0.05, 0.1) is 6.10 Å². The van der Waals surface area contributed by atoms with Gasteiger partial charge >= 0.3 is 17.9 Å². The Hall–Kier alpha value is -2.20. The zero-order valence-corrected chi connectivity index (χ0v) is 17.9. The summed E-state index contributed by atoms with van der Waals surface area (Å²) in [5.41, 5.74) is 0. The molecule has 0 spiro atoms. The lowest BCUT2D eigenvalue weighted by Gasteiger charge is -2.46. The van der Waals surface area contributed by atoms with E-state index in [2.05, 4.69) is 5.32 Å². The molecule has 0 aromatic carbocycles. The first-order chi connectivity index (χ1) is 14.2. The Bertz CT molecular complexity index is 632. The predicted molar refractivity (Wildman–Crippen MR) is 102 cm³/mol. The molecule has 1 saturated carbocycles. The lowest BCUT2D eigenvalue weighted by molar-refractivity contribution is -0.289. The Morgan fingerprint density at radius 3 is 2.00 bits per heavy atom. The zero-order chi connectivity index (χ0) is 22.3. The van der Waals surface area contributed by atoms with Crippen molar-refractivity contribution >= 4 is 23.8 Å². The fourth-order valence-corrected chi connectivity index (χ4v) is 3.80. The van der Waals surface area contributed by atoms with E-state index in [1.165, 1.54) is 27.7 Å². The summed E-state index contributed by atoms with van der Waals surface area (Å²) >= 11 is 0. The van der Waals surface area contributed by atoms with Crippen molar-refractivity contribution in [3.05, 3.63) is 0 Å². The van der Waals surface area contributed by atoms with Gasteiger partial charge in [-0.1, -0.05) is 19.3 Å². The highest BCUT2D eigenvalue weighted by Crippen LogP contribution is 2.31. The third-order valence-corrected chi connectivity index (χ3v) is 4.95. The normalized spacial score (nSPS) is 29.5. The summed E-state index contributed by atoms with van der Waals surface area (Å²) < 4.78 is 28.0. The number of nitrogens with one attached hydrogen (secondary N) is 1. The molecule has 0 bridgehead atoms. The van der Waals surface area contributed by atoms with Crippen LogP contribution in [0.2, 0.25) is 0 Å². The molecule has 170 valence electrons. The molecule has 1 heterocycles. The van der Waals surface area contributed by atoms with E-state index in [4.69, 9.17) is 23.7 Å². The summed E-state index contributed by atoms with van der Waals surface area (Å²) in [4.78, 5) is 46.7. The molecule has 5 atom stereocenters. The second-order valence-corrected chi connectivity index (χ2v) is 7.62. The maximum Gasteiger partial charge on any atom is 0.303 e. The minimum atomic E-state index is -1.10.